The highest BCUT2D eigenvalue weighted by molar-refractivity contribution is 7.33. The Morgan fingerprint density at radius 3 is 1.82 bits per heavy atom. The first-order valence-corrected chi connectivity index (χ1v) is 34.0. The molecule has 6 bridgehead atoms. The number of hydrogen-bond donors (Lipinski definition) is 0. The van der Waals surface area contributed by atoms with Crippen LogP contribution in [0.5, 0.6) is 0 Å². The van der Waals surface area contributed by atoms with Gasteiger partial charge in [0.1, 0.15) is 0 Å². The third kappa shape index (κ3) is 7.03. The Morgan fingerprint density at radius 1 is 0.542 bits per heavy atom. The molecule has 9 aliphatic carbocycles. The van der Waals surface area contributed by atoms with Crippen LogP contribution < -0.4 is 25.5 Å². The summed E-state index contributed by atoms with van der Waals surface area (Å²) < 4.78 is 2.94. The Morgan fingerprint density at radius 2 is 1.16 bits per heavy atom. The molecule has 1 aromatic heterocycles. The number of nitrogens with zero attached hydrogens (tertiary/aromatic N) is 2. The van der Waals surface area contributed by atoms with Crippen LogP contribution in [0.25, 0.3) is 32.3 Å². The predicted octanol–water partition coefficient (Wildman–Crippen LogP) is 19.9. The molecule has 11 aliphatic rings. The van der Waals surface area contributed by atoms with Gasteiger partial charge in [0.15, 0.2) is 0 Å². The van der Waals surface area contributed by atoms with E-state index in [9.17, 15) is 0 Å². The van der Waals surface area contributed by atoms with Crippen molar-refractivity contribution >= 4 is 78.0 Å². The Kier molecular flexibility index (Phi) is 10.6. The van der Waals surface area contributed by atoms with E-state index in [4.69, 9.17) is 0 Å². The van der Waals surface area contributed by atoms with Gasteiger partial charge in [0, 0.05) is 48.6 Å². The summed E-state index contributed by atoms with van der Waals surface area (Å²) in [5.41, 5.74) is 28.2. The van der Waals surface area contributed by atoms with E-state index >= 15 is 0 Å². The molecule has 2 aliphatic heterocycles. The Labute approximate surface area is 499 Å². The summed E-state index contributed by atoms with van der Waals surface area (Å²) >= 11 is 2.11. The maximum atomic E-state index is 2.83. The van der Waals surface area contributed by atoms with Crippen LogP contribution in [0, 0.1) is 29.6 Å². The van der Waals surface area contributed by atoms with Gasteiger partial charge in [-0.3, -0.25) is 0 Å². The van der Waals surface area contributed by atoms with Gasteiger partial charge in [-0.1, -0.05) is 153 Å². The smallest absolute Gasteiger partial charge is 0.264 e. The summed E-state index contributed by atoms with van der Waals surface area (Å²) in [4.78, 5) is 5.61. The van der Waals surface area contributed by atoms with Gasteiger partial charge in [-0.15, -0.1) is 11.3 Å². The molecule has 7 aromatic carbocycles. The van der Waals surface area contributed by atoms with Crippen molar-refractivity contribution in [3.63, 3.8) is 0 Å². The molecule has 8 aromatic rings. The average Bonchev–Trinajstić information content (AvgIpc) is 3.84. The second-order valence-electron chi connectivity index (χ2n) is 31.4. The molecule has 0 saturated heterocycles. The molecule has 7 fully saturated rings. The van der Waals surface area contributed by atoms with Crippen molar-refractivity contribution in [2.45, 2.75) is 191 Å². The molecule has 7 saturated carbocycles. The first-order valence-electron chi connectivity index (χ1n) is 33.1. The van der Waals surface area contributed by atoms with Crippen molar-refractivity contribution < 1.29 is 0 Å². The number of anilines is 6. The summed E-state index contributed by atoms with van der Waals surface area (Å²) in [6.07, 6.45) is 23.1. The average molecular weight is 1100 g/mol. The van der Waals surface area contributed by atoms with Crippen molar-refractivity contribution in [3.8, 4) is 22.3 Å². The third-order valence-electron chi connectivity index (χ3n) is 25.0. The second kappa shape index (κ2) is 17.4. The van der Waals surface area contributed by atoms with Crippen molar-refractivity contribution in [2.75, 3.05) is 9.80 Å². The van der Waals surface area contributed by atoms with E-state index in [1.165, 1.54) is 197 Å². The first kappa shape index (κ1) is 50.5. The van der Waals surface area contributed by atoms with Crippen molar-refractivity contribution in [1.29, 1.82) is 0 Å². The minimum Gasteiger partial charge on any atom is -0.311 e. The van der Waals surface area contributed by atoms with Gasteiger partial charge in [-0.05, 0) is 262 Å². The van der Waals surface area contributed by atoms with Crippen LogP contribution >= 0.6 is 11.3 Å². The third-order valence-corrected chi connectivity index (χ3v) is 26.2. The summed E-state index contributed by atoms with van der Waals surface area (Å²) in [5.74, 6) is 4.86. The number of rotatable bonds is 5. The fraction of sp³-hybridized carbons (Fsp3) is 0.443. The van der Waals surface area contributed by atoms with E-state index in [0.717, 1.165) is 17.8 Å². The lowest BCUT2D eigenvalue weighted by Crippen LogP contribution is -2.60. The minimum absolute atomic E-state index is 0.0818. The lowest BCUT2D eigenvalue weighted by atomic mass is 9.36. The van der Waals surface area contributed by atoms with Crippen LogP contribution in [0.3, 0.4) is 0 Å². The van der Waals surface area contributed by atoms with Crippen LogP contribution in [0.4, 0.5) is 34.1 Å². The van der Waals surface area contributed by atoms with E-state index in [1.807, 2.05) is 0 Å². The second-order valence-corrected chi connectivity index (χ2v) is 32.5. The van der Waals surface area contributed by atoms with E-state index < -0.39 is 0 Å². The molecule has 83 heavy (non-hydrogen) atoms. The summed E-state index contributed by atoms with van der Waals surface area (Å²) in [5, 5.41) is 1.42. The van der Waals surface area contributed by atoms with Crippen LogP contribution in [-0.2, 0) is 27.1 Å². The van der Waals surface area contributed by atoms with Crippen LogP contribution in [-0.4, -0.2) is 6.71 Å². The van der Waals surface area contributed by atoms with E-state index in [-0.39, 0.29) is 28.4 Å². The molecule has 0 atom stereocenters. The quantitative estimate of drug-likeness (QED) is 0.159. The molecule has 1 spiro atoms. The minimum atomic E-state index is -0.111. The van der Waals surface area contributed by atoms with E-state index in [1.54, 1.807) is 33.4 Å². The van der Waals surface area contributed by atoms with Gasteiger partial charge in [-0.2, -0.15) is 0 Å². The summed E-state index contributed by atoms with van der Waals surface area (Å²) in [6, 6.07) is 55.9. The SMILES string of the molecule is CC(C)(C)c1cc2c3c(c1)N(c1ccc(-c4ccc(C56CC7CC(CC(C7)C5)C6)cc4)cc1)c1c(sc4cc5c(cc14)C(C)(C)CCC5(C)C)B3c1cc(C3CCCCC3)ccc1N2c1cccc2c1-c1ccccc1C21C2CCC1CC2. The Bertz CT molecular complexity index is 3970. The Hall–Kier alpha value is -5.84. The van der Waals surface area contributed by atoms with E-state index in [2.05, 4.69) is 203 Å². The molecule has 0 amide bonds. The predicted molar refractivity (Wildman–Crippen MR) is 353 cm³/mol. The summed E-state index contributed by atoms with van der Waals surface area (Å²) in [7, 11) is 0. The lowest BCUT2D eigenvalue weighted by Gasteiger charge is -2.57. The van der Waals surface area contributed by atoms with Crippen molar-refractivity contribution in [2.24, 2.45) is 29.6 Å². The fourth-order valence-corrected chi connectivity index (χ4v) is 22.6. The van der Waals surface area contributed by atoms with Crippen LogP contribution in [0.1, 0.15) is 202 Å². The molecule has 0 N–H and O–H groups in total. The maximum Gasteiger partial charge on any atom is 0.264 e. The topological polar surface area (TPSA) is 6.48 Å². The molecular weight excluding hydrogens is 1020 g/mol. The number of hydrogen-bond acceptors (Lipinski definition) is 3. The normalized spacial score (nSPS) is 28.1. The molecule has 0 unspecified atom stereocenters. The number of fused-ring (bicyclic) bond motifs is 10. The largest absolute Gasteiger partial charge is 0.311 e. The number of thiophene rings is 1. The monoisotopic (exact) mass is 1100 g/mol. The lowest BCUT2D eigenvalue weighted by molar-refractivity contribution is -0.00518. The molecule has 3 heterocycles. The molecule has 4 heteroatoms. The van der Waals surface area contributed by atoms with E-state index in [0.29, 0.717) is 23.2 Å². The highest BCUT2D eigenvalue weighted by atomic mass is 32.1. The van der Waals surface area contributed by atoms with Crippen molar-refractivity contribution in [1.82, 2.24) is 0 Å². The summed E-state index contributed by atoms with van der Waals surface area (Å²) in [6.45, 7) is 17.5. The molecular formula is C79H83BN2S. The number of benzene rings is 7. The van der Waals surface area contributed by atoms with Gasteiger partial charge in [0.05, 0.1) is 11.4 Å². The van der Waals surface area contributed by atoms with Gasteiger partial charge in [0.25, 0.3) is 6.71 Å². The molecule has 19 rings (SSSR count). The highest BCUT2D eigenvalue weighted by Gasteiger charge is 2.61. The van der Waals surface area contributed by atoms with Crippen molar-refractivity contribution in [3.05, 3.63) is 172 Å². The zero-order chi connectivity index (χ0) is 55.7. The maximum absolute atomic E-state index is 2.83. The van der Waals surface area contributed by atoms with Crippen LogP contribution in [0.2, 0.25) is 0 Å². The first-order chi connectivity index (χ1) is 40.1. The Balaban J connectivity index is 0.876. The van der Waals surface area contributed by atoms with Gasteiger partial charge >= 0.3 is 0 Å². The van der Waals surface area contributed by atoms with Gasteiger partial charge in [-0.25, -0.2) is 0 Å². The van der Waals surface area contributed by atoms with Crippen LogP contribution in [0.15, 0.2) is 133 Å². The molecule has 2 nitrogen and oxygen atoms in total. The highest BCUT2D eigenvalue weighted by Crippen LogP contribution is 2.69. The zero-order valence-corrected chi connectivity index (χ0v) is 51.4. The standard InChI is InChI=1S/C79H83BN2S/c1-75(2,3)57-40-68-72-69(41-57)82(67-19-13-18-62-71(67)59-16-11-12-17-61(59)79(62)55-27-28-56(79)30-29-55)66-33-24-53(50-14-9-8-10-15-50)39-65(66)80(72)74-73(60-42-63-64(43-70(60)83-74)77(6,7)35-34-76(63,4)5)81(68)58-31-22-52(23-32-58)51-20-25-54(26-21-51)78-44-47-36-48(45-78)38-49(37-47)46-78/h11-13,16-26,31-33,39-43,47-50,55-56H,8-10,14-15,27-30,34-38,44-46H2,1-7H3. The van der Waals surface area contributed by atoms with Gasteiger partial charge < -0.3 is 9.80 Å². The molecule has 0 radical (unpaired) electrons. The zero-order valence-electron chi connectivity index (χ0n) is 50.6. The fourth-order valence-electron chi connectivity index (χ4n) is 21.3. The molecule has 418 valence electrons. The van der Waals surface area contributed by atoms with Gasteiger partial charge in [0.2, 0.25) is 0 Å².